The number of carbonyl (C=O) groups excluding carboxylic acids is 3. The van der Waals surface area contributed by atoms with Crippen LogP contribution in [-0.2, 0) is 33.4 Å². The molecule has 0 saturated carbocycles. The molecule has 0 aromatic heterocycles. The van der Waals surface area contributed by atoms with E-state index < -0.39 is 59.8 Å². The maximum absolute atomic E-state index is 13.6. The van der Waals surface area contributed by atoms with Gasteiger partial charge in [-0.15, -0.1) is 0 Å². The average Bonchev–Trinajstić information content (AvgIpc) is 3.12. The van der Waals surface area contributed by atoms with Gasteiger partial charge in [0.1, 0.15) is 17.9 Å². The molecule has 11 nitrogen and oxygen atoms in total. The van der Waals surface area contributed by atoms with E-state index in [9.17, 15) is 34.5 Å². The number of thioether (sulfide) groups is 1. The standard InChI is InChI=1S/C40H65NO10S/c1-8-30(33(43)24-31(42)13-12-25(2)20-29-14-17-52-18-15-29)21-26(3)19-27(4)22-34(49-6)36-35(50-7)23-28(5)40(48,51-36)37(44)38(45)41-16-10-9-11-32(41)39(46)47/h20-21,27-32,34-36,42,48H,8-19,22-24H2,1-7H3,(H,46,47)/b25-20+,26-21+/t27-,28?,30+,31+,32-,34-,35-,36+,40+/m0/s1. The van der Waals surface area contributed by atoms with Crippen LogP contribution < -0.4 is 0 Å². The lowest BCUT2D eigenvalue weighted by molar-refractivity contribution is -0.302. The van der Waals surface area contributed by atoms with E-state index in [2.05, 4.69) is 19.9 Å². The first-order chi connectivity index (χ1) is 24.6. The van der Waals surface area contributed by atoms with Gasteiger partial charge in [-0.25, -0.2) is 4.79 Å². The second-order valence-corrected chi connectivity index (χ2v) is 16.8. The van der Waals surface area contributed by atoms with Crippen molar-refractivity contribution in [2.75, 3.05) is 32.3 Å². The first-order valence-corrected chi connectivity index (χ1v) is 20.5. The number of aliphatic hydroxyl groups is 2. The van der Waals surface area contributed by atoms with Crippen LogP contribution in [0.25, 0.3) is 0 Å². The summed E-state index contributed by atoms with van der Waals surface area (Å²) in [4.78, 5) is 53.1. The van der Waals surface area contributed by atoms with E-state index >= 15 is 0 Å². The lowest BCUT2D eigenvalue weighted by atomic mass is 9.82. The summed E-state index contributed by atoms with van der Waals surface area (Å²) in [5, 5.41) is 32.0. The van der Waals surface area contributed by atoms with Crippen LogP contribution in [0.4, 0.5) is 0 Å². The Morgan fingerprint density at radius 2 is 1.75 bits per heavy atom. The quantitative estimate of drug-likeness (QED) is 0.109. The number of piperidine rings is 1. The van der Waals surface area contributed by atoms with Crippen molar-refractivity contribution in [3.8, 4) is 0 Å². The molecule has 3 aliphatic heterocycles. The van der Waals surface area contributed by atoms with Crippen molar-refractivity contribution in [1.29, 1.82) is 0 Å². The van der Waals surface area contributed by atoms with Gasteiger partial charge in [0.15, 0.2) is 0 Å². The van der Waals surface area contributed by atoms with Crippen LogP contribution in [0.15, 0.2) is 23.3 Å². The molecule has 1 unspecified atom stereocenters. The molecule has 3 fully saturated rings. The van der Waals surface area contributed by atoms with Crippen molar-refractivity contribution in [3.63, 3.8) is 0 Å². The van der Waals surface area contributed by atoms with Crippen molar-refractivity contribution in [1.82, 2.24) is 4.90 Å². The number of hydrogen-bond acceptors (Lipinski definition) is 10. The van der Waals surface area contributed by atoms with Crippen LogP contribution in [0.1, 0.15) is 112 Å². The van der Waals surface area contributed by atoms with Crippen molar-refractivity contribution in [2.45, 2.75) is 148 Å². The molecule has 0 aromatic carbocycles. The highest BCUT2D eigenvalue weighted by Gasteiger charge is 2.56. The van der Waals surface area contributed by atoms with E-state index in [1.165, 1.54) is 44.1 Å². The highest BCUT2D eigenvalue weighted by Crippen LogP contribution is 2.38. The predicted octanol–water partition coefficient (Wildman–Crippen LogP) is 5.74. The van der Waals surface area contributed by atoms with Gasteiger partial charge in [-0.2, -0.15) is 11.8 Å². The molecule has 0 radical (unpaired) electrons. The molecule has 296 valence electrons. The van der Waals surface area contributed by atoms with Gasteiger partial charge < -0.3 is 34.4 Å². The Hall–Kier alpha value is -2.09. The molecule has 0 bridgehead atoms. The van der Waals surface area contributed by atoms with Crippen molar-refractivity contribution >= 4 is 35.2 Å². The average molecular weight is 752 g/mol. The number of hydrogen-bond donors (Lipinski definition) is 3. The van der Waals surface area contributed by atoms with Gasteiger partial charge in [0, 0.05) is 39.0 Å². The fourth-order valence-electron chi connectivity index (χ4n) is 8.07. The van der Waals surface area contributed by atoms with Crippen molar-refractivity contribution in [3.05, 3.63) is 23.3 Å². The monoisotopic (exact) mass is 751 g/mol. The first kappa shape index (κ1) is 44.3. The minimum Gasteiger partial charge on any atom is -0.480 e. The number of carboxylic acids is 1. The Morgan fingerprint density at radius 3 is 2.37 bits per heavy atom. The molecule has 9 atom stereocenters. The summed E-state index contributed by atoms with van der Waals surface area (Å²) in [5.41, 5.74) is 2.32. The lowest BCUT2D eigenvalue weighted by Gasteiger charge is -2.47. The zero-order valence-corrected chi connectivity index (χ0v) is 33.3. The van der Waals surface area contributed by atoms with Crippen LogP contribution in [-0.4, -0.2) is 112 Å². The molecule has 52 heavy (non-hydrogen) atoms. The molecule has 3 rings (SSSR count). The molecule has 1 amide bonds. The number of rotatable bonds is 19. The van der Waals surface area contributed by atoms with E-state index in [1.54, 1.807) is 6.92 Å². The Balaban J connectivity index is 1.61. The lowest BCUT2D eigenvalue weighted by Crippen LogP contribution is -2.64. The van der Waals surface area contributed by atoms with Crippen LogP contribution in [0.2, 0.25) is 0 Å². The van der Waals surface area contributed by atoms with E-state index in [1.807, 2.05) is 31.7 Å². The summed E-state index contributed by atoms with van der Waals surface area (Å²) in [6, 6.07) is -1.13. The van der Waals surface area contributed by atoms with Crippen LogP contribution in [0, 0.1) is 23.7 Å². The number of nitrogens with zero attached hydrogens (tertiary/aromatic N) is 1. The number of carboxylic acid groups (broad SMARTS) is 1. The molecule has 3 N–H and O–H groups in total. The number of methoxy groups -OCH3 is 2. The van der Waals surface area contributed by atoms with Crippen molar-refractivity contribution in [2.24, 2.45) is 23.7 Å². The summed E-state index contributed by atoms with van der Waals surface area (Å²) < 4.78 is 17.7. The fourth-order valence-corrected chi connectivity index (χ4v) is 9.21. The minimum absolute atomic E-state index is 0.0353. The summed E-state index contributed by atoms with van der Waals surface area (Å²) in [7, 11) is 3.04. The third-order valence-electron chi connectivity index (χ3n) is 11.2. The van der Waals surface area contributed by atoms with Crippen LogP contribution in [0.3, 0.4) is 0 Å². The normalized spacial score (nSPS) is 28.9. The van der Waals surface area contributed by atoms with Gasteiger partial charge in [0.05, 0.1) is 18.3 Å². The Bertz CT molecular complexity index is 1260. The molecule has 12 heteroatoms. The number of carbonyl (C=O) groups is 4. The zero-order valence-electron chi connectivity index (χ0n) is 32.5. The topological polar surface area (TPSA) is 160 Å². The molecule has 3 aliphatic rings. The highest BCUT2D eigenvalue weighted by atomic mass is 32.2. The number of aliphatic hydroxyl groups excluding tert-OH is 1. The molecular formula is C40H65NO10S. The molecule has 0 spiro atoms. The van der Waals surface area contributed by atoms with Gasteiger partial charge >= 0.3 is 5.97 Å². The number of allylic oxidation sites excluding steroid dienone is 4. The highest BCUT2D eigenvalue weighted by molar-refractivity contribution is 7.99. The fraction of sp³-hybridized carbons (Fsp3) is 0.800. The van der Waals surface area contributed by atoms with Gasteiger partial charge in [0.2, 0.25) is 5.79 Å². The number of ether oxygens (including phenoxy) is 3. The number of Topliss-reactive ketones (excluding diaryl/α,β-unsaturated/α-hetero) is 2. The summed E-state index contributed by atoms with van der Waals surface area (Å²) in [5.74, 6) is -3.88. The predicted molar refractivity (Wildman–Crippen MR) is 202 cm³/mol. The SMILES string of the molecule is CC[C@H](/C=C(\C)C[C@H](C)C[C@H](OC)[C@H]1O[C@@](O)(C(=O)C(=O)N2CCCC[C@H]2C(=O)O)C(C)C[C@@H]1OC)C(=O)C[C@H](O)CC/C(C)=C/C1CCSCC1. The number of aliphatic carboxylic acids is 1. The van der Waals surface area contributed by atoms with E-state index in [4.69, 9.17) is 14.2 Å². The third-order valence-corrected chi connectivity index (χ3v) is 12.3. The largest absolute Gasteiger partial charge is 0.480 e. The molecule has 3 saturated heterocycles. The summed E-state index contributed by atoms with van der Waals surface area (Å²) >= 11 is 2.01. The second-order valence-electron chi connectivity index (χ2n) is 15.5. The maximum atomic E-state index is 13.6. The van der Waals surface area contributed by atoms with Gasteiger partial charge in [-0.1, -0.05) is 44.1 Å². The number of likely N-dealkylation sites (tertiary alicyclic amines) is 1. The van der Waals surface area contributed by atoms with E-state index in [-0.39, 0.29) is 43.4 Å². The molecule has 3 heterocycles. The van der Waals surface area contributed by atoms with Crippen molar-refractivity contribution < 1.29 is 48.7 Å². The second kappa shape index (κ2) is 21.1. The van der Waals surface area contributed by atoms with E-state index in [0.29, 0.717) is 44.4 Å². The Labute approximate surface area is 315 Å². The number of ketones is 2. The third kappa shape index (κ3) is 12.2. The Morgan fingerprint density at radius 1 is 1.06 bits per heavy atom. The van der Waals surface area contributed by atoms with Crippen LogP contribution in [0.5, 0.6) is 0 Å². The summed E-state index contributed by atoms with van der Waals surface area (Å²) in [6.07, 6.45) is 8.99. The Kier molecular flexibility index (Phi) is 18.0. The zero-order chi connectivity index (χ0) is 38.6. The number of amides is 1. The molecular weight excluding hydrogens is 687 g/mol. The van der Waals surface area contributed by atoms with Gasteiger partial charge in [-0.3, -0.25) is 14.4 Å². The maximum Gasteiger partial charge on any atom is 0.326 e. The van der Waals surface area contributed by atoms with E-state index in [0.717, 1.165) is 16.9 Å². The van der Waals surface area contributed by atoms with Gasteiger partial charge in [0.25, 0.3) is 11.7 Å². The smallest absolute Gasteiger partial charge is 0.326 e. The molecule has 0 aromatic rings. The summed E-state index contributed by atoms with van der Waals surface area (Å²) in [6.45, 7) is 9.87. The minimum atomic E-state index is -2.48. The van der Waals surface area contributed by atoms with Gasteiger partial charge in [-0.05, 0) is 108 Å². The first-order valence-electron chi connectivity index (χ1n) is 19.3. The van der Waals surface area contributed by atoms with Crippen LogP contribution >= 0.6 is 11.8 Å². The molecule has 0 aliphatic carbocycles.